The highest BCUT2D eigenvalue weighted by Gasteiger charge is 2.10. The number of aryl methyl sites for hydroxylation is 1. The summed E-state index contributed by atoms with van der Waals surface area (Å²) < 4.78 is 13.7. The second-order valence-corrected chi connectivity index (χ2v) is 5.35. The molecule has 3 aromatic rings. The molecular weight excluding hydrogens is 336 g/mol. The zero-order valence-electron chi connectivity index (χ0n) is 12.1. The normalized spacial score (nSPS) is 10.0. The molecule has 1 N–H and O–H groups in total. The zero-order chi connectivity index (χ0) is 15.7. The van der Waals surface area contributed by atoms with Crippen LogP contribution in [-0.4, -0.2) is 4.98 Å². The molecule has 0 atom stereocenters. The number of fused-ring (bicyclic) bond motifs is 1. The van der Waals surface area contributed by atoms with Crippen molar-refractivity contribution in [1.29, 1.82) is 5.26 Å². The van der Waals surface area contributed by atoms with Crippen molar-refractivity contribution in [2.45, 2.75) is 6.92 Å². The van der Waals surface area contributed by atoms with Crippen molar-refractivity contribution in [3.8, 4) is 6.07 Å². The molecule has 0 bridgehead atoms. The minimum atomic E-state index is -0.306. The highest BCUT2D eigenvalue weighted by Crippen LogP contribution is 2.31. The number of nitrogens with one attached hydrogen (secondary N) is 1. The highest BCUT2D eigenvalue weighted by atomic mass is 35.5. The first-order valence-electron chi connectivity index (χ1n) is 6.60. The third kappa shape index (κ3) is 3.37. The van der Waals surface area contributed by atoms with Gasteiger partial charge < -0.3 is 5.32 Å². The number of rotatable bonds is 2. The molecule has 0 aliphatic rings. The summed E-state index contributed by atoms with van der Waals surface area (Å²) in [5.41, 5.74) is 2.77. The summed E-state index contributed by atoms with van der Waals surface area (Å²) in [7, 11) is 0. The molecule has 0 amide bonds. The van der Waals surface area contributed by atoms with Gasteiger partial charge in [0.05, 0.1) is 16.8 Å². The first-order valence-corrected chi connectivity index (χ1v) is 6.98. The molecule has 1 heterocycles. The van der Waals surface area contributed by atoms with E-state index in [1.54, 1.807) is 37.3 Å². The number of halogens is 3. The molecule has 1 aromatic heterocycles. The number of anilines is 2. The molecule has 0 aliphatic heterocycles. The Bertz CT molecular complexity index is 920. The van der Waals surface area contributed by atoms with Crippen molar-refractivity contribution < 1.29 is 4.39 Å². The summed E-state index contributed by atoms with van der Waals surface area (Å²) in [5.74, 6) is -0.306. The van der Waals surface area contributed by atoms with E-state index in [1.807, 2.05) is 0 Å². The number of hydrogen-bond acceptors (Lipinski definition) is 3. The van der Waals surface area contributed by atoms with E-state index in [4.69, 9.17) is 11.6 Å². The van der Waals surface area contributed by atoms with E-state index < -0.39 is 0 Å². The van der Waals surface area contributed by atoms with Crippen molar-refractivity contribution in [2.75, 3.05) is 5.32 Å². The van der Waals surface area contributed by atoms with Gasteiger partial charge in [-0.25, -0.2) is 4.39 Å². The van der Waals surface area contributed by atoms with E-state index in [9.17, 15) is 9.65 Å². The van der Waals surface area contributed by atoms with Gasteiger partial charge in [0, 0.05) is 22.3 Å². The lowest BCUT2D eigenvalue weighted by Crippen LogP contribution is -1.97. The van der Waals surface area contributed by atoms with E-state index in [0.29, 0.717) is 38.4 Å². The molecule has 116 valence electrons. The fraction of sp³-hybridized carbons (Fsp3) is 0.0588. The van der Waals surface area contributed by atoms with E-state index >= 15 is 0 Å². The number of nitrogens with zero attached hydrogens (tertiary/aromatic N) is 2. The summed E-state index contributed by atoms with van der Waals surface area (Å²) in [5, 5.41) is 13.6. The van der Waals surface area contributed by atoms with Gasteiger partial charge in [-0.05, 0) is 42.8 Å². The van der Waals surface area contributed by atoms with E-state index in [0.717, 1.165) is 0 Å². The van der Waals surface area contributed by atoms with Crippen LogP contribution < -0.4 is 5.32 Å². The Kier molecular flexibility index (Phi) is 5.05. The Hall–Kier alpha value is -2.35. The van der Waals surface area contributed by atoms with Crippen molar-refractivity contribution in [2.24, 2.45) is 0 Å². The van der Waals surface area contributed by atoms with Gasteiger partial charge in [-0.1, -0.05) is 17.7 Å². The average Bonchev–Trinajstić information content (AvgIpc) is 2.51. The Balaban J connectivity index is 0.00000192. The molecule has 2 aromatic carbocycles. The maximum Gasteiger partial charge on any atom is 0.128 e. The van der Waals surface area contributed by atoms with Crippen LogP contribution in [0.15, 0.2) is 42.6 Å². The second-order valence-electron chi connectivity index (χ2n) is 4.91. The minimum absolute atomic E-state index is 0. The Morgan fingerprint density at radius 3 is 2.70 bits per heavy atom. The molecule has 0 radical (unpaired) electrons. The van der Waals surface area contributed by atoms with Gasteiger partial charge in [0.1, 0.15) is 11.9 Å². The first-order chi connectivity index (χ1) is 10.6. The van der Waals surface area contributed by atoms with Crippen LogP contribution >= 0.6 is 24.0 Å². The molecule has 0 saturated carbocycles. The average molecular weight is 348 g/mol. The van der Waals surface area contributed by atoms with Crippen LogP contribution in [0.25, 0.3) is 10.9 Å². The van der Waals surface area contributed by atoms with Gasteiger partial charge in [-0.3, -0.25) is 4.98 Å². The van der Waals surface area contributed by atoms with Crippen LogP contribution in [-0.2, 0) is 0 Å². The molecular formula is C17H12Cl2FN3. The highest BCUT2D eigenvalue weighted by molar-refractivity contribution is 6.31. The molecule has 0 unspecified atom stereocenters. The molecule has 23 heavy (non-hydrogen) atoms. The molecule has 0 fully saturated rings. The predicted octanol–water partition coefficient (Wildman–Crippen LogP) is 5.37. The Morgan fingerprint density at radius 2 is 2.00 bits per heavy atom. The minimum Gasteiger partial charge on any atom is -0.354 e. The summed E-state index contributed by atoms with van der Waals surface area (Å²) in [6.07, 6.45) is 1.49. The van der Waals surface area contributed by atoms with E-state index in [2.05, 4.69) is 16.4 Å². The molecule has 0 saturated heterocycles. The third-order valence-corrected chi connectivity index (χ3v) is 3.63. The maximum absolute atomic E-state index is 13.7. The standard InChI is InChI=1S/C17H11ClFN3.ClH/c1-10-2-4-13(7-15(10)19)22-17-11(8-20)9-21-16-5-3-12(18)6-14(16)17;/h2-7,9H,1H3,(H,21,22);1H. The van der Waals surface area contributed by atoms with Gasteiger partial charge in [0.15, 0.2) is 0 Å². The monoisotopic (exact) mass is 347 g/mol. The smallest absolute Gasteiger partial charge is 0.128 e. The van der Waals surface area contributed by atoms with Crippen molar-refractivity contribution in [3.63, 3.8) is 0 Å². The SMILES string of the molecule is Cc1ccc(Nc2c(C#N)cnc3ccc(Cl)cc23)cc1F.Cl. The molecule has 3 nitrogen and oxygen atoms in total. The Labute approximate surface area is 144 Å². The van der Waals surface area contributed by atoms with Crippen LogP contribution in [0.2, 0.25) is 5.02 Å². The van der Waals surface area contributed by atoms with Crippen molar-refractivity contribution >= 4 is 46.3 Å². The summed E-state index contributed by atoms with van der Waals surface area (Å²) in [4.78, 5) is 4.23. The fourth-order valence-corrected chi connectivity index (χ4v) is 2.37. The predicted molar refractivity (Wildman–Crippen MR) is 93.1 cm³/mol. The van der Waals surface area contributed by atoms with Crippen molar-refractivity contribution in [3.05, 3.63) is 64.6 Å². The number of nitriles is 1. The first kappa shape index (κ1) is 17.0. The Morgan fingerprint density at radius 1 is 1.22 bits per heavy atom. The van der Waals surface area contributed by atoms with E-state index in [-0.39, 0.29) is 18.2 Å². The molecule has 0 spiro atoms. The number of aromatic nitrogens is 1. The number of benzene rings is 2. The zero-order valence-corrected chi connectivity index (χ0v) is 13.7. The van der Waals surface area contributed by atoms with E-state index in [1.165, 1.54) is 12.3 Å². The van der Waals surface area contributed by atoms with Crippen LogP contribution in [0.1, 0.15) is 11.1 Å². The van der Waals surface area contributed by atoms with Crippen LogP contribution in [0.4, 0.5) is 15.8 Å². The van der Waals surface area contributed by atoms with Gasteiger partial charge in [-0.2, -0.15) is 5.26 Å². The second kappa shape index (κ2) is 6.82. The van der Waals surface area contributed by atoms with Crippen molar-refractivity contribution in [1.82, 2.24) is 4.98 Å². The lowest BCUT2D eigenvalue weighted by Gasteiger charge is -2.12. The van der Waals surface area contributed by atoms with Crippen LogP contribution in [0.5, 0.6) is 0 Å². The quantitative estimate of drug-likeness (QED) is 0.677. The summed E-state index contributed by atoms with van der Waals surface area (Å²) >= 11 is 6.04. The maximum atomic E-state index is 13.7. The lowest BCUT2D eigenvalue weighted by molar-refractivity contribution is 0.619. The number of hydrogen-bond donors (Lipinski definition) is 1. The molecule has 3 rings (SSSR count). The topological polar surface area (TPSA) is 48.7 Å². The summed E-state index contributed by atoms with van der Waals surface area (Å²) in [6.45, 7) is 1.70. The fourth-order valence-electron chi connectivity index (χ4n) is 2.20. The lowest BCUT2D eigenvalue weighted by atomic mass is 10.1. The number of pyridine rings is 1. The third-order valence-electron chi connectivity index (χ3n) is 3.39. The van der Waals surface area contributed by atoms with Gasteiger partial charge in [0.25, 0.3) is 0 Å². The van der Waals surface area contributed by atoms with Gasteiger partial charge in [-0.15, -0.1) is 12.4 Å². The molecule has 6 heteroatoms. The molecule has 0 aliphatic carbocycles. The van der Waals surface area contributed by atoms with Crippen LogP contribution in [0, 0.1) is 24.1 Å². The van der Waals surface area contributed by atoms with Gasteiger partial charge in [0.2, 0.25) is 0 Å². The largest absolute Gasteiger partial charge is 0.354 e. The van der Waals surface area contributed by atoms with Crippen LogP contribution in [0.3, 0.4) is 0 Å². The summed E-state index contributed by atoms with van der Waals surface area (Å²) in [6, 6.07) is 12.2. The van der Waals surface area contributed by atoms with Gasteiger partial charge >= 0.3 is 0 Å².